The maximum absolute atomic E-state index is 13.9. The number of carbonyl (C=O) groups excluding carboxylic acids is 1. The first-order chi connectivity index (χ1) is 12.0. The molecular formula is C19H23F2N3O. The molecule has 0 spiro atoms. The first-order valence-corrected chi connectivity index (χ1v) is 8.80. The predicted molar refractivity (Wildman–Crippen MR) is 92.0 cm³/mol. The molecule has 2 heterocycles. The van der Waals surface area contributed by atoms with Gasteiger partial charge in [0.15, 0.2) is 0 Å². The van der Waals surface area contributed by atoms with Gasteiger partial charge in [0, 0.05) is 23.7 Å². The van der Waals surface area contributed by atoms with Gasteiger partial charge in [0.1, 0.15) is 5.69 Å². The van der Waals surface area contributed by atoms with Crippen molar-refractivity contribution in [2.24, 2.45) is 0 Å². The van der Waals surface area contributed by atoms with Gasteiger partial charge in [0.25, 0.3) is 5.92 Å². The lowest BCUT2D eigenvalue weighted by molar-refractivity contribution is -0.0140. The summed E-state index contributed by atoms with van der Waals surface area (Å²) < 4.78 is 29.7. The molecule has 1 aliphatic heterocycles. The second-order valence-electron chi connectivity index (χ2n) is 6.52. The van der Waals surface area contributed by atoms with E-state index in [1.807, 2.05) is 10.9 Å². The van der Waals surface area contributed by atoms with Crippen LogP contribution >= 0.6 is 0 Å². The largest absolute Gasteiger partial charge is 0.317 e. The number of halogens is 2. The summed E-state index contributed by atoms with van der Waals surface area (Å²) in [6, 6.07) is 7.61. The average molecular weight is 347 g/mol. The van der Waals surface area contributed by atoms with Gasteiger partial charge in [-0.15, -0.1) is 0 Å². The predicted octanol–water partition coefficient (Wildman–Crippen LogP) is 3.93. The Hall–Kier alpha value is -2.08. The number of nitrogens with one attached hydrogen (secondary N) is 1. The van der Waals surface area contributed by atoms with Gasteiger partial charge in [-0.05, 0) is 32.0 Å². The lowest BCUT2D eigenvalue weighted by Crippen LogP contribution is -2.29. The van der Waals surface area contributed by atoms with Crippen molar-refractivity contribution in [3.05, 3.63) is 53.3 Å². The molecule has 1 N–H and O–H groups in total. The Morgan fingerprint density at radius 1 is 1.24 bits per heavy atom. The molecule has 0 aliphatic carbocycles. The molecule has 0 unspecified atom stereocenters. The summed E-state index contributed by atoms with van der Waals surface area (Å²) in [6.45, 7) is 3.62. The molecule has 3 rings (SSSR count). The van der Waals surface area contributed by atoms with Crippen molar-refractivity contribution in [1.29, 1.82) is 0 Å². The highest BCUT2D eigenvalue weighted by molar-refractivity contribution is 6.07. The fourth-order valence-electron chi connectivity index (χ4n) is 3.21. The third-order valence-corrected chi connectivity index (χ3v) is 4.66. The number of alkyl halides is 2. The molecule has 6 heteroatoms. The van der Waals surface area contributed by atoms with Crippen LogP contribution in [0.5, 0.6) is 0 Å². The van der Waals surface area contributed by atoms with Gasteiger partial charge in [0.2, 0.25) is 5.78 Å². The number of aromatic nitrogens is 2. The molecule has 0 radical (unpaired) electrons. The number of piperidine rings is 1. The summed E-state index contributed by atoms with van der Waals surface area (Å²) in [4.78, 5) is 12.6. The van der Waals surface area contributed by atoms with Crippen molar-refractivity contribution in [3.8, 4) is 0 Å². The Balaban J connectivity index is 1.74. The van der Waals surface area contributed by atoms with E-state index in [1.165, 1.54) is 24.3 Å². The van der Waals surface area contributed by atoms with Crippen LogP contribution in [0, 0.1) is 0 Å². The molecular weight excluding hydrogens is 324 g/mol. The number of hydrogen-bond donors (Lipinski definition) is 1. The van der Waals surface area contributed by atoms with Crippen LogP contribution in [0.3, 0.4) is 0 Å². The highest BCUT2D eigenvalue weighted by atomic mass is 19.3. The lowest BCUT2D eigenvalue weighted by Gasteiger charge is -2.22. The number of benzene rings is 1. The van der Waals surface area contributed by atoms with Crippen molar-refractivity contribution in [2.75, 3.05) is 13.1 Å². The topological polar surface area (TPSA) is 46.9 Å². The molecule has 1 aromatic heterocycles. The Morgan fingerprint density at radius 3 is 2.56 bits per heavy atom. The number of carbonyl (C=O) groups is 1. The maximum Gasteiger partial charge on any atom is 0.273 e. The van der Waals surface area contributed by atoms with E-state index in [2.05, 4.69) is 10.4 Å². The molecule has 2 aromatic rings. The van der Waals surface area contributed by atoms with Crippen LogP contribution in [0.4, 0.5) is 8.78 Å². The first-order valence-electron chi connectivity index (χ1n) is 8.80. The highest BCUT2D eigenvalue weighted by Gasteiger charge is 2.30. The summed E-state index contributed by atoms with van der Waals surface area (Å²) in [5, 5.41) is 7.70. The minimum atomic E-state index is -2.85. The van der Waals surface area contributed by atoms with Gasteiger partial charge >= 0.3 is 0 Å². The monoisotopic (exact) mass is 347 g/mol. The molecule has 1 fully saturated rings. The van der Waals surface area contributed by atoms with E-state index in [-0.39, 0.29) is 17.8 Å². The molecule has 134 valence electrons. The Kier molecular flexibility index (Phi) is 5.27. The summed E-state index contributed by atoms with van der Waals surface area (Å²) >= 11 is 0. The smallest absolute Gasteiger partial charge is 0.273 e. The lowest BCUT2D eigenvalue weighted by atomic mass is 10.0. The zero-order valence-electron chi connectivity index (χ0n) is 14.3. The molecule has 1 aliphatic rings. The Labute approximate surface area is 146 Å². The van der Waals surface area contributed by atoms with Crippen molar-refractivity contribution in [2.45, 2.75) is 44.6 Å². The molecule has 0 saturated carbocycles. The van der Waals surface area contributed by atoms with Crippen LogP contribution in [0.15, 0.2) is 36.5 Å². The highest BCUT2D eigenvalue weighted by Crippen LogP contribution is 2.33. The Morgan fingerprint density at radius 2 is 1.92 bits per heavy atom. The van der Waals surface area contributed by atoms with Crippen molar-refractivity contribution in [3.63, 3.8) is 0 Å². The fourth-order valence-corrected chi connectivity index (χ4v) is 3.21. The first kappa shape index (κ1) is 17.7. The summed E-state index contributed by atoms with van der Waals surface area (Å²) in [6.07, 6.45) is 4.00. The molecule has 0 atom stereocenters. The van der Waals surface area contributed by atoms with Gasteiger partial charge in [-0.1, -0.05) is 37.6 Å². The van der Waals surface area contributed by atoms with Crippen LogP contribution in [0.25, 0.3) is 0 Å². The van der Waals surface area contributed by atoms with Crippen molar-refractivity contribution >= 4 is 5.78 Å². The van der Waals surface area contributed by atoms with Crippen LogP contribution in [-0.4, -0.2) is 28.7 Å². The van der Waals surface area contributed by atoms with E-state index in [9.17, 15) is 13.6 Å². The number of ketones is 1. The van der Waals surface area contributed by atoms with Crippen LogP contribution in [0.1, 0.15) is 60.3 Å². The van der Waals surface area contributed by atoms with E-state index >= 15 is 0 Å². The van der Waals surface area contributed by atoms with Crippen LogP contribution in [-0.2, 0) is 5.92 Å². The SMILES string of the molecule is CCCC(F)(F)c1ccc(C(=O)c2ccn(C3CCNCC3)n2)cc1. The van der Waals surface area contributed by atoms with Gasteiger partial charge in [-0.25, -0.2) is 8.78 Å². The minimum absolute atomic E-state index is 0.0499. The fraction of sp³-hybridized carbons (Fsp3) is 0.474. The van der Waals surface area contributed by atoms with Gasteiger partial charge in [-0.3, -0.25) is 9.48 Å². The second kappa shape index (κ2) is 7.44. The minimum Gasteiger partial charge on any atom is -0.317 e. The van der Waals surface area contributed by atoms with E-state index in [1.54, 1.807) is 13.0 Å². The van der Waals surface area contributed by atoms with E-state index < -0.39 is 5.92 Å². The summed E-state index contributed by atoms with van der Waals surface area (Å²) in [5.74, 6) is -3.09. The van der Waals surface area contributed by atoms with Crippen molar-refractivity contribution < 1.29 is 13.6 Å². The number of hydrogen-bond acceptors (Lipinski definition) is 3. The van der Waals surface area contributed by atoms with Gasteiger partial charge in [-0.2, -0.15) is 5.10 Å². The molecule has 0 bridgehead atoms. The van der Waals surface area contributed by atoms with E-state index in [0.717, 1.165) is 25.9 Å². The zero-order valence-corrected chi connectivity index (χ0v) is 14.3. The van der Waals surface area contributed by atoms with Gasteiger partial charge in [0.05, 0.1) is 6.04 Å². The van der Waals surface area contributed by atoms with Crippen LogP contribution < -0.4 is 5.32 Å². The van der Waals surface area contributed by atoms with E-state index in [0.29, 0.717) is 23.7 Å². The summed E-state index contributed by atoms with van der Waals surface area (Å²) in [7, 11) is 0. The molecule has 0 amide bonds. The Bertz CT molecular complexity index is 719. The molecule has 1 aromatic carbocycles. The second-order valence-corrected chi connectivity index (χ2v) is 6.52. The average Bonchev–Trinajstić information content (AvgIpc) is 3.12. The third-order valence-electron chi connectivity index (χ3n) is 4.66. The molecule has 1 saturated heterocycles. The normalized spacial score (nSPS) is 16.1. The zero-order chi connectivity index (χ0) is 17.9. The maximum atomic E-state index is 13.9. The summed E-state index contributed by atoms with van der Waals surface area (Å²) in [5.41, 5.74) is 0.685. The standard InChI is InChI=1S/C19H23F2N3O/c1-2-10-19(20,21)15-5-3-14(4-6-15)18(25)17-9-13-24(23-17)16-7-11-22-12-8-16/h3-6,9,13,16,22H,2,7-8,10-12H2,1H3. The number of rotatable bonds is 6. The van der Waals surface area contributed by atoms with Crippen molar-refractivity contribution in [1.82, 2.24) is 15.1 Å². The van der Waals surface area contributed by atoms with Crippen LogP contribution in [0.2, 0.25) is 0 Å². The quantitative estimate of drug-likeness (QED) is 0.806. The third kappa shape index (κ3) is 3.95. The van der Waals surface area contributed by atoms with Gasteiger partial charge < -0.3 is 5.32 Å². The molecule has 4 nitrogen and oxygen atoms in total. The number of nitrogens with zero attached hydrogens (tertiary/aromatic N) is 2. The van der Waals surface area contributed by atoms with E-state index in [4.69, 9.17) is 0 Å². The molecule has 25 heavy (non-hydrogen) atoms.